The minimum Gasteiger partial charge on any atom is -0.481 e. The fourth-order valence-electron chi connectivity index (χ4n) is 2.97. The van der Waals surface area contributed by atoms with E-state index in [4.69, 9.17) is 4.74 Å². The first-order valence-electron chi connectivity index (χ1n) is 8.73. The molecule has 7 nitrogen and oxygen atoms in total. The largest absolute Gasteiger partial charge is 0.481 e. The summed E-state index contributed by atoms with van der Waals surface area (Å²) in [7, 11) is 0. The van der Waals surface area contributed by atoms with E-state index in [0.29, 0.717) is 0 Å². The monoisotopic (exact) mass is 355 g/mol. The van der Waals surface area contributed by atoms with Crippen molar-refractivity contribution in [2.45, 2.75) is 60.1 Å². The minimum absolute atomic E-state index is 0.0393. The number of cyclic esters (lactones) is 1. The van der Waals surface area contributed by atoms with Gasteiger partial charge >= 0.3 is 11.9 Å². The van der Waals surface area contributed by atoms with Crippen molar-refractivity contribution in [3.05, 3.63) is 0 Å². The molecule has 1 aliphatic rings. The molecule has 1 amide bonds. The van der Waals surface area contributed by atoms with Crippen LogP contribution in [0.2, 0.25) is 0 Å². The third-order valence-electron chi connectivity index (χ3n) is 4.67. The van der Waals surface area contributed by atoms with Crippen LogP contribution in [0.25, 0.3) is 0 Å². The third kappa shape index (κ3) is 5.03. The van der Waals surface area contributed by atoms with Crippen LogP contribution in [0.5, 0.6) is 0 Å². The number of ketones is 1. The maximum atomic E-state index is 12.6. The number of esters is 1. The van der Waals surface area contributed by atoms with Crippen molar-refractivity contribution in [2.24, 2.45) is 29.6 Å². The van der Waals surface area contributed by atoms with Crippen LogP contribution in [-0.2, 0) is 23.9 Å². The van der Waals surface area contributed by atoms with Crippen LogP contribution in [0.3, 0.4) is 0 Å². The molecule has 2 N–H and O–H groups in total. The zero-order valence-corrected chi connectivity index (χ0v) is 15.7. The Bertz CT molecular complexity index is 540. The van der Waals surface area contributed by atoms with Crippen LogP contribution < -0.4 is 5.32 Å². The molecule has 4 atom stereocenters. The molecule has 0 aliphatic carbocycles. The normalized spacial score (nSPS) is 22.4. The summed E-state index contributed by atoms with van der Waals surface area (Å²) in [5.41, 5.74) is 0. The van der Waals surface area contributed by atoms with Gasteiger partial charge in [-0.1, -0.05) is 41.5 Å². The minimum atomic E-state index is -1.02. The van der Waals surface area contributed by atoms with Crippen LogP contribution >= 0.6 is 0 Å². The molecule has 0 bridgehead atoms. The maximum Gasteiger partial charge on any atom is 0.314 e. The van der Waals surface area contributed by atoms with Crippen molar-refractivity contribution in [2.75, 3.05) is 0 Å². The van der Waals surface area contributed by atoms with Gasteiger partial charge in [-0.15, -0.1) is 0 Å². The van der Waals surface area contributed by atoms with Crippen LogP contribution in [0.4, 0.5) is 0 Å². The first-order chi connectivity index (χ1) is 11.5. The number of aliphatic carboxylic acids is 1. The molecule has 0 saturated carbocycles. The number of carbonyl (C=O) groups is 4. The molecule has 1 heterocycles. The molecule has 1 saturated heterocycles. The van der Waals surface area contributed by atoms with Gasteiger partial charge in [0, 0.05) is 6.42 Å². The number of rotatable bonds is 9. The lowest BCUT2D eigenvalue weighted by Gasteiger charge is -2.37. The quantitative estimate of drug-likeness (QED) is 0.609. The Morgan fingerprint density at radius 2 is 1.64 bits per heavy atom. The molecule has 2 unspecified atom stereocenters. The van der Waals surface area contributed by atoms with Crippen LogP contribution in [0.15, 0.2) is 0 Å². The Morgan fingerprint density at radius 3 is 2.00 bits per heavy atom. The number of Topliss-reactive ketones (excluding diaryl/α,β-unsaturated/α-hetero) is 1. The SMILES string of the molecule is CC(C)C1C(=O)OC1C(=O)N[C@H](C(=O)C[C@H](C(=O)O)C(C)C)C(C)C. The van der Waals surface area contributed by atoms with E-state index < -0.39 is 41.8 Å². The second-order valence-electron chi connectivity index (χ2n) is 7.72. The molecule has 1 rings (SSSR count). The molecule has 142 valence electrons. The predicted octanol–water partition coefficient (Wildman–Crippen LogP) is 1.64. The molecule has 0 aromatic heterocycles. The van der Waals surface area contributed by atoms with E-state index in [2.05, 4.69) is 5.32 Å². The number of hydrogen-bond donors (Lipinski definition) is 2. The average molecular weight is 355 g/mol. The molecule has 0 spiro atoms. The highest BCUT2D eigenvalue weighted by molar-refractivity contribution is 5.97. The van der Waals surface area contributed by atoms with E-state index in [1.807, 2.05) is 13.8 Å². The van der Waals surface area contributed by atoms with Crippen molar-refractivity contribution in [3.8, 4) is 0 Å². The standard InChI is InChI=1S/C18H29NO6/c1-8(2)11(17(22)23)7-12(20)14(10(5)6)19-16(21)15-13(9(3)4)18(24)25-15/h8-11,13-15H,7H2,1-6H3,(H,19,21)(H,22,23)/t11-,13?,14-,15?/m0/s1. The zero-order chi connectivity index (χ0) is 19.5. The predicted molar refractivity (Wildman–Crippen MR) is 90.6 cm³/mol. The average Bonchev–Trinajstić information content (AvgIpc) is 2.45. The van der Waals surface area contributed by atoms with Crippen LogP contribution in [0, 0.1) is 29.6 Å². The van der Waals surface area contributed by atoms with Crippen molar-refractivity contribution in [1.82, 2.24) is 5.32 Å². The second-order valence-corrected chi connectivity index (χ2v) is 7.72. The van der Waals surface area contributed by atoms with Crippen LogP contribution in [-0.4, -0.2) is 40.9 Å². The molecule has 0 radical (unpaired) electrons. The highest BCUT2D eigenvalue weighted by Crippen LogP contribution is 2.30. The Hall–Kier alpha value is -1.92. The third-order valence-corrected chi connectivity index (χ3v) is 4.67. The van der Waals surface area contributed by atoms with Crippen molar-refractivity contribution in [3.63, 3.8) is 0 Å². The van der Waals surface area contributed by atoms with Gasteiger partial charge in [0.15, 0.2) is 11.9 Å². The number of carboxylic acid groups (broad SMARTS) is 1. The lowest BCUT2D eigenvalue weighted by Crippen LogP contribution is -2.59. The number of carbonyl (C=O) groups excluding carboxylic acids is 3. The summed E-state index contributed by atoms with van der Waals surface area (Å²) in [6.45, 7) is 10.7. The van der Waals surface area contributed by atoms with E-state index in [1.165, 1.54) is 0 Å². The van der Waals surface area contributed by atoms with Gasteiger partial charge in [-0.25, -0.2) is 0 Å². The lowest BCUT2D eigenvalue weighted by atomic mass is 9.84. The molecule has 1 fully saturated rings. The summed E-state index contributed by atoms with van der Waals surface area (Å²) in [6, 6.07) is -0.805. The summed E-state index contributed by atoms with van der Waals surface area (Å²) >= 11 is 0. The molecule has 7 heteroatoms. The second kappa shape index (κ2) is 8.45. The van der Waals surface area contributed by atoms with E-state index >= 15 is 0 Å². The topological polar surface area (TPSA) is 110 Å². The molecule has 25 heavy (non-hydrogen) atoms. The van der Waals surface area contributed by atoms with E-state index in [9.17, 15) is 24.3 Å². The first-order valence-corrected chi connectivity index (χ1v) is 8.73. The molecule has 1 aliphatic heterocycles. The highest BCUT2D eigenvalue weighted by Gasteiger charge is 2.49. The number of carboxylic acids is 1. The molecular weight excluding hydrogens is 326 g/mol. The molecular formula is C18H29NO6. The fraction of sp³-hybridized carbons (Fsp3) is 0.778. The van der Waals surface area contributed by atoms with Gasteiger partial charge in [-0.2, -0.15) is 0 Å². The summed E-state index contributed by atoms with van der Waals surface area (Å²) in [6.07, 6.45) is -1.03. The number of amides is 1. The zero-order valence-electron chi connectivity index (χ0n) is 15.7. The van der Waals surface area contributed by atoms with E-state index in [0.717, 1.165) is 0 Å². The summed E-state index contributed by atoms with van der Waals surface area (Å²) in [4.78, 5) is 47.8. The summed E-state index contributed by atoms with van der Waals surface area (Å²) in [5, 5.41) is 11.9. The van der Waals surface area contributed by atoms with Gasteiger partial charge in [0.25, 0.3) is 5.91 Å². The molecule has 0 aromatic rings. The van der Waals surface area contributed by atoms with Crippen molar-refractivity contribution in [1.29, 1.82) is 0 Å². The fourth-order valence-corrected chi connectivity index (χ4v) is 2.97. The number of hydrogen-bond acceptors (Lipinski definition) is 5. The Kier molecular flexibility index (Phi) is 7.14. The van der Waals surface area contributed by atoms with Gasteiger partial charge in [0.1, 0.15) is 5.92 Å². The maximum absolute atomic E-state index is 12.6. The smallest absolute Gasteiger partial charge is 0.314 e. The van der Waals surface area contributed by atoms with Gasteiger partial charge < -0.3 is 15.2 Å². The first kappa shape index (κ1) is 21.1. The Morgan fingerprint density at radius 1 is 1.08 bits per heavy atom. The van der Waals surface area contributed by atoms with Crippen LogP contribution in [0.1, 0.15) is 48.0 Å². The number of ether oxygens (including phenoxy) is 1. The summed E-state index contributed by atoms with van der Waals surface area (Å²) in [5.74, 6) is -3.99. The van der Waals surface area contributed by atoms with Crippen molar-refractivity contribution < 1.29 is 29.0 Å². The van der Waals surface area contributed by atoms with Gasteiger partial charge in [-0.3, -0.25) is 19.2 Å². The molecule has 0 aromatic carbocycles. The Labute approximate surface area is 148 Å². The number of nitrogens with one attached hydrogen (secondary N) is 1. The van der Waals surface area contributed by atoms with Gasteiger partial charge in [0.05, 0.1) is 12.0 Å². The van der Waals surface area contributed by atoms with E-state index in [-0.39, 0.29) is 30.0 Å². The van der Waals surface area contributed by atoms with Gasteiger partial charge in [0.2, 0.25) is 0 Å². The lowest BCUT2D eigenvalue weighted by molar-refractivity contribution is -0.193. The van der Waals surface area contributed by atoms with Crippen molar-refractivity contribution >= 4 is 23.6 Å². The highest BCUT2D eigenvalue weighted by atomic mass is 16.6. The van der Waals surface area contributed by atoms with E-state index in [1.54, 1.807) is 27.7 Å². The summed E-state index contributed by atoms with van der Waals surface area (Å²) < 4.78 is 4.94. The Balaban J connectivity index is 2.80. The van der Waals surface area contributed by atoms with Gasteiger partial charge in [-0.05, 0) is 17.8 Å².